The van der Waals surface area contributed by atoms with E-state index in [9.17, 15) is 0 Å². The first kappa shape index (κ1) is 16.6. The predicted molar refractivity (Wildman–Crippen MR) is 89.9 cm³/mol. The van der Waals surface area contributed by atoms with Gasteiger partial charge in [0.05, 0.1) is 32.0 Å². The highest BCUT2D eigenvalue weighted by Crippen LogP contribution is 2.35. The minimum Gasteiger partial charge on any atom is -0.496 e. The molecule has 4 nitrogen and oxygen atoms in total. The second-order valence-electron chi connectivity index (χ2n) is 4.50. The number of methoxy groups -OCH3 is 3. The summed E-state index contributed by atoms with van der Waals surface area (Å²) >= 11 is 12.0. The first-order valence-corrected chi connectivity index (χ1v) is 7.32. The van der Waals surface area contributed by atoms with Gasteiger partial charge in [0.2, 0.25) is 0 Å². The Labute approximate surface area is 139 Å². The average Bonchev–Trinajstić information content (AvgIpc) is 2.53. The lowest BCUT2D eigenvalue weighted by Gasteiger charge is -2.15. The van der Waals surface area contributed by atoms with Gasteiger partial charge in [0, 0.05) is 23.2 Å². The molecule has 0 aliphatic heterocycles. The van der Waals surface area contributed by atoms with Gasteiger partial charge in [0.1, 0.15) is 5.75 Å². The lowest BCUT2D eigenvalue weighted by molar-refractivity contribution is 0.347. The number of anilines is 1. The molecule has 0 bridgehead atoms. The van der Waals surface area contributed by atoms with Gasteiger partial charge in [-0.2, -0.15) is 0 Å². The van der Waals surface area contributed by atoms with Gasteiger partial charge in [-0.15, -0.1) is 0 Å². The van der Waals surface area contributed by atoms with E-state index in [1.165, 1.54) is 0 Å². The second kappa shape index (κ2) is 7.47. The quantitative estimate of drug-likeness (QED) is 0.831. The van der Waals surface area contributed by atoms with Crippen molar-refractivity contribution in [3.8, 4) is 17.2 Å². The highest BCUT2D eigenvalue weighted by atomic mass is 35.5. The predicted octanol–water partition coefficient (Wildman–Crippen LogP) is 4.63. The van der Waals surface area contributed by atoms with E-state index in [0.717, 1.165) is 11.3 Å². The number of halogens is 2. The van der Waals surface area contributed by atoms with E-state index in [-0.39, 0.29) is 0 Å². The first-order valence-electron chi connectivity index (χ1n) is 6.56. The summed E-state index contributed by atoms with van der Waals surface area (Å²) in [6.07, 6.45) is 0. The van der Waals surface area contributed by atoms with Gasteiger partial charge < -0.3 is 19.5 Å². The lowest BCUT2D eigenvalue weighted by Crippen LogP contribution is -2.03. The molecule has 2 aromatic carbocycles. The van der Waals surface area contributed by atoms with Crippen LogP contribution in [0.2, 0.25) is 10.0 Å². The van der Waals surface area contributed by atoms with Crippen LogP contribution in [0.3, 0.4) is 0 Å². The van der Waals surface area contributed by atoms with Crippen LogP contribution in [0.4, 0.5) is 5.69 Å². The summed E-state index contributed by atoms with van der Waals surface area (Å²) in [5.74, 6) is 1.96. The number of ether oxygens (including phenoxy) is 3. The van der Waals surface area contributed by atoms with Crippen molar-refractivity contribution in [2.24, 2.45) is 0 Å². The van der Waals surface area contributed by atoms with Crippen molar-refractivity contribution in [1.82, 2.24) is 0 Å². The van der Waals surface area contributed by atoms with Gasteiger partial charge in [-0.3, -0.25) is 0 Å². The minimum atomic E-state index is 0.519. The van der Waals surface area contributed by atoms with Crippen molar-refractivity contribution < 1.29 is 14.2 Å². The third kappa shape index (κ3) is 3.70. The van der Waals surface area contributed by atoms with Crippen LogP contribution in [0.25, 0.3) is 0 Å². The van der Waals surface area contributed by atoms with Crippen LogP contribution < -0.4 is 19.5 Å². The van der Waals surface area contributed by atoms with Crippen molar-refractivity contribution in [1.29, 1.82) is 0 Å². The maximum absolute atomic E-state index is 6.15. The van der Waals surface area contributed by atoms with Crippen molar-refractivity contribution >= 4 is 28.9 Å². The molecule has 118 valence electrons. The van der Waals surface area contributed by atoms with Crippen molar-refractivity contribution in [3.63, 3.8) is 0 Å². The van der Waals surface area contributed by atoms with Crippen LogP contribution in [-0.4, -0.2) is 21.3 Å². The second-order valence-corrected chi connectivity index (χ2v) is 5.34. The summed E-state index contributed by atoms with van der Waals surface area (Å²) in [5.41, 5.74) is 1.72. The molecule has 0 amide bonds. The van der Waals surface area contributed by atoms with Crippen LogP contribution in [0, 0.1) is 0 Å². The van der Waals surface area contributed by atoms with Crippen molar-refractivity contribution in [2.45, 2.75) is 6.54 Å². The first-order chi connectivity index (χ1) is 10.6. The monoisotopic (exact) mass is 341 g/mol. The van der Waals surface area contributed by atoms with Gasteiger partial charge in [0.15, 0.2) is 11.5 Å². The zero-order valence-electron chi connectivity index (χ0n) is 12.6. The summed E-state index contributed by atoms with van der Waals surface area (Å²) in [6, 6.07) is 8.96. The van der Waals surface area contributed by atoms with Crippen LogP contribution in [0.5, 0.6) is 17.2 Å². The maximum Gasteiger partial charge on any atom is 0.164 e. The molecule has 0 heterocycles. The molecule has 0 aromatic heterocycles. The molecule has 0 unspecified atom stereocenters. The number of benzene rings is 2. The fourth-order valence-electron chi connectivity index (χ4n) is 2.05. The standard InChI is InChI=1S/C16H17Cl2NO3/c1-20-14-8-16(22-3)15(21-2)6-10(14)9-19-13-5-4-11(17)7-12(13)18/h4-8,19H,9H2,1-3H3. The van der Waals surface area contributed by atoms with E-state index >= 15 is 0 Å². The van der Waals surface area contributed by atoms with Gasteiger partial charge in [-0.25, -0.2) is 0 Å². The Bertz CT molecular complexity index is 662. The van der Waals surface area contributed by atoms with Crippen LogP contribution in [0.15, 0.2) is 30.3 Å². The molecule has 0 spiro atoms. The molecule has 0 saturated heterocycles. The van der Waals surface area contributed by atoms with Gasteiger partial charge in [0.25, 0.3) is 0 Å². The fraction of sp³-hybridized carbons (Fsp3) is 0.250. The smallest absolute Gasteiger partial charge is 0.164 e. The zero-order chi connectivity index (χ0) is 16.1. The van der Waals surface area contributed by atoms with Crippen LogP contribution in [0.1, 0.15) is 5.56 Å². The van der Waals surface area contributed by atoms with Crippen LogP contribution >= 0.6 is 23.2 Å². The Hall–Kier alpha value is -1.78. The molecule has 0 fully saturated rings. The minimum absolute atomic E-state index is 0.519. The van der Waals surface area contributed by atoms with E-state index < -0.39 is 0 Å². The number of rotatable bonds is 6. The molecule has 0 saturated carbocycles. The van der Waals surface area contributed by atoms with E-state index in [0.29, 0.717) is 33.8 Å². The molecular formula is C16H17Cl2NO3. The highest BCUT2D eigenvalue weighted by Gasteiger charge is 2.12. The molecule has 2 aromatic rings. The fourth-order valence-corrected chi connectivity index (χ4v) is 2.53. The van der Waals surface area contributed by atoms with E-state index in [2.05, 4.69) is 5.32 Å². The number of nitrogens with one attached hydrogen (secondary N) is 1. The third-order valence-electron chi connectivity index (χ3n) is 3.19. The van der Waals surface area contributed by atoms with E-state index in [1.807, 2.05) is 12.1 Å². The summed E-state index contributed by atoms with van der Waals surface area (Å²) in [7, 11) is 4.79. The average molecular weight is 342 g/mol. The Morgan fingerprint density at radius 1 is 0.864 bits per heavy atom. The van der Waals surface area contributed by atoms with Gasteiger partial charge in [-0.05, 0) is 24.3 Å². The SMILES string of the molecule is COc1cc(OC)c(OC)cc1CNc1ccc(Cl)cc1Cl. The van der Waals surface area contributed by atoms with E-state index in [1.54, 1.807) is 39.5 Å². The molecular weight excluding hydrogens is 325 g/mol. The normalized spacial score (nSPS) is 10.2. The van der Waals surface area contributed by atoms with Gasteiger partial charge >= 0.3 is 0 Å². The van der Waals surface area contributed by atoms with Gasteiger partial charge in [-0.1, -0.05) is 23.2 Å². The third-order valence-corrected chi connectivity index (χ3v) is 3.73. The molecule has 0 aliphatic rings. The largest absolute Gasteiger partial charge is 0.496 e. The van der Waals surface area contributed by atoms with Crippen molar-refractivity contribution in [3.05, 3.63) is 45.9 Å². The summed E-state index contributed by atoms with van der Waals surface area (Å²) in [6.45, 7) is 0.519. The van der Waals surface area contributed by atoms with Crippen molar-refractivity contribution in [2.75, 3.05) is 26.6 Å². The Balaban J connectivity index is 2.24. The lowest BCUT2D eigenvalue weighted by atomic mass is 10.1. The topological polar surface area (TPSA) is 39.7 Å². The molecule has 2 rings (SSSR count). The zero-order valence-corrected chi connectivity index (χ0v) is 14.1. The number of hydrogen-bond donors (Lipinski definition) is 1. The highest BCUT2D eigenvalue weighted by molar-refractivity contribution is 6.36. The summed E-state index contributed by atoms with van der Waals surface area (Å²) in [5, 5.41) is 4.41. The molecule has 0 atom stereocenters. The molecule has 22 heavy (non-hydrogen) atoms. The Kier molecular flexibility index (Phi) is 5.63. The Morgan fingerprint density at radius 2 is 1.50 bits per heavy atom. The molecule has 0 radical (unpaired) electrons. The summed E-state index contributed by atoms with van der Waals surface area (Å²) in [4.78, 5) is 0. The molecule has 6 heteroatoms. The van der Waals surface area contributed by atoms with Crippen LogP contribution in [-0.2, 0) is 6.54 Å². The Morgan fingerprint density at radius 3 is 2.09 bits per heavy atom. The number of hydrogen-bond acceptors (Lipinski definition) is 4. The molecule has 1 N–H and O–H groups in total. The maximum atomic E-state index is 6.15. The molecule has 0 aliphatic carbocycles. The van der Waals surface area contributed by atoms with E-state index in [4.69, 9.17) is 37.4 Å². The summed E-state index contributed by atoms with van der Waals surface area (Å²) < 4.78 is 16.0.